The summed E-state index contributed by atoms with van der Waals surface area (Å²) in [6.07, 6.45) is 0.786. The van der Waals surface area contributed by atoms with Crippen LogP contribution in [0, 0.1) is 5.92 Å². The lowest BCUT2D eigenvalue weighted by molar-refractivity contribution is -0.139. The lowest BCUT2D eigenvalue weighted by atomic mass is 10.1. The lowest BCUT2D eigenvalue weighted by Crippen LogP contribution is -2.36. The second-order valence-electron chi connectivity index (χ2n) is 7.55. The van der Waals surface area contributed by atoms with Crippen LogP contribution < -0.4 is 4.90 Å². The average molecular weight is 436 g/mol. The average Bonchev–Trinajstić information content (AvgIpc) is 3.24. The van der Waals surface area contributed by atoms with Gasteiger partial charge in [0.05, 0.1) is 24.5 Å². The summed E-state index contributed by atoms with van der Waals surface area (Å²) in [5.74, 6) is 0.902. The van der Waals surface area contributed by atoms with E-state index in [1.54, 1.807) is 18.2 Å². The zero-order chi connectivity index (χ0) is 21.3. The predicted octanol–water partition coefficient (Wildman–Crippen LogP) is 5.43. The van der Waals surface area contributed by atoms with Gasteiger partial charge >= 0.3 is 6.18 Å². The summed E-state index contributed by atoms with van der Waals surface area (Å²) >= 11 is 0. The Morgan fingerprint density at radius 2 is 1.87 bits per heavy atom. The van der Waals surface area contributed by atoms with E-state index < -0.39 is 22.6 Å². The van der Waals surface area contributed by atoms with Gasteiger partial charge in [-0.3, -0.25) is 0 Å². The largest absolute Gasteiger partial charge is 0.417 e. The number of anilines is 1. The predicted molar refractivity (Wildman–Crippen MR) is 115 cm³/mol. The minimum absolute atomic E-state index is 0.199. The number of nitrogens with zero attached hydrogens (tertiary/aromatic N) is 3. The molecule has 2 aliphatic heterocycles. The molecule has 0 N–H and O–H groups in total. The van der Waals surface area contributed by atoms with Crippen LogP contribution in [0.2, 0.25) is 0 Å². The summed E-state index contributed by atoms with van der Waals surface area (Å²) in [6.45, 7) is 6.64. The van der Waals surface area contributed by atoms with Crippen LogP contribution in [-0.4, -0.2) is 36.3 Å². The van der Waals surface area contributed by atoms with E-state index in [4.69, 9.17) is 4.74 Å². The highest BCUT2D eigenvalue weighted by molar-refractivity contribution is 8.23. The van der Waals surface area contributed by atoms with Gasteiger partial charge in [0.15, 0.2) is 0 Å². The van der Waals surface area contributed by atoms with E-state index in [1.165, 1.54) is 12.4 Å². The normalized spacial score (nSPS) is 20.7. The topological polar surface area (TPSA) is 38.2 Å². The van der Waals surface area contributed by atoms with Crippen molar-refractivity contribution in [1.29, 1.82) is 0 Å². The van der Waals surface area contributed by atoms with Crippen molar-refractivity contribution in [1.82, 2.24) is 9.97 Å². The molecule has 0 amide bonds. The molecule has 1 aromatic heterocycles. The van der Waals surface area contributed by atoms with Gasteiger partial charge in [-0.15, -0.1) is 0 Å². The number of morpholine rings is 1. The molecule has 30 heavy (non-hydrogen) atoms. The first-order chi connectivity index (χ1) is 14.3. The number of benzene rings is 1. The standard InChI is InChI=1S/C22H24F3N3OS/c1-15(2)19-4-3-11-30(19)20-6-5-16(12-17(20)22(23,24)25)18-13-21(27-14-26-18)28-7-9-29-10-8-28/h3-6,11-15,30H,7-10H2,1-2H3. The molecule has 160 valence electrons. The van der Waals surface area contributed by atoms with Gasteiger partial charge in [-0.2, -0.15) is 24.1 Å². The second-order valence-corrected chi connectivity index (χ2v) is 9.58. The number of alkyl halides is 3. The van der Waals surface area contributed by atoms with Crippen molar-refractivity contribution in [3.63, 3.8) is 0 Å². The lowest BCUT2D eigenvalue weighted by Gasteiger charge is -2.28. The summed E-state index contributed by atoms with van der Waals surface area (Å²) in [7, 11) is -1.12. The van der Waals surface area contributed by atoms with Crippen LogP contribution in [0.5, 0.6) is 0 Å². The summed E-state index contributed by atoms with van der Waals surface area (Å²) in [5.41, 5.74) is 0.338. The zero-order valence-corrected chi connectivity index (χ0v) is 17.8. The maximum atomic E-state index is 14.0. The maximum absolute atomic E-state index is 14.0. The summed E-state index contributed by atoms with van der Waals surface area (Å²) in [5, 5.41) is 1.90. The Morgan fingerprint density at radius 1 is 1.10 bits per heavy atom. The van der Waals surface area contributed by atoms with E-state index in [9.17, 15) is 13.2 Å². The van der Waals surface area contributed by atoms with Crippen LogP contribution in [0.1, 0.15) is 19.4 Å². The first-order valence-corrected chi connectivity index (χ1v) is 11.3. The number of aromatic nitrogens is 2. The van der Waals surface area contributed by atoms with E-state index >= 15 is 0 Å². The first kappa shape index (κ1) is 20.9. The fourth-order valence-electron chi connectivity index (χ4n) is 3.69. The van der Waals surface area contributed by atoms with E-state index in [1.807, 2.05) is 31.4 Å². The smallest absolute Gasteiger partial charge is 0.378 e. The van der Waals surface area contributed by atoms with Crippen molar-refractivity contribution >= 4 is 16.7 Å². The molecular formula is C22H24F3N3OS. The van der Waals surface area contributed by atoms with Crippen molar-refractivity contribution < 1.29 is 17.9 Å². The Bertz CT molecular complexity index is 982. The van der Waals surface area contributed by atoms with Crippen molar-refractivity contribution in [2.45, 2.75) is 24.9 Å². The van der Waals surface area contributed by atoms with Crippen LogP contribution in [-0.2, 0) is 10.9 Å². The summed E-state index contributed by atoms with van der Waals surface area (Å²) < 4.78 is 47.4. The van der Waals surface area contributed by atoms with Gasteiger partial charge in [0.2, 0.25) is 0 Å². The Morgan fingerprint density at radius 3 is 2.57 bits per heavy atom. The van der Waals surface area contributed by atoms with Gasteiger partial charge < -0.3 is 9.64 Å². The Kier molecular flexibility index (Phi) is 5.88. The van der Waals surface area contributed by atoms with Gasteiger partial charge in [-0.1, -0.05) is 32.1 Å². The molecule has 1 atom stereocenters. The summed E-state index contributed by atoms with van der Waals surface area (Å²) in [6, 6.07) is 6.34. The molecule has 1 unspecified atom stereocenters. The number of hydrogen-bond donors (Lipinski definition) is 1. The molecule has 0 saturated carbocycles. The SMILES string of the molecule is CC(C)C1=CC=C[SH]1c1ccc(-c2cc(N3CCOCC3)ncn2)cc1C(F)(F)F. The maximum Gasteiger partial charge on any atom is 0.417 e. The van der Waals surface area contributed by atoms with E-state index in [2.05, 4.69) is 14.9 Å². The van der Waals surface area contributed by atoms with Gasteiger partial charge in [0, 0.05) is 29.6 Å². The monoisotopic (exact) mass is 435 g/mol. The highest BCUT2D eigenvalue weighted by Gasteiger charge is 2.36. The number of allylic oxidation sites excluding steroid dienone is 3. The molecule has 1 fully saturated rings. The molecule has 2 aliphatic rings. The quantitative estimate of drug-likeness (QED) is 0.651. The van der Waals surface area contributed by atoms with Crippen LogP contribution in [0.3, 0.4) is 0 Å². The third kappa shape index (κ3) is 4.25. The van der Waals surface area contributed by atoms with E-state index in [0.717, 1.165) is 4.91 Å². The fraction of sp³-hybridized carbons (Fsp3) is 0.364. The minimum atomic E-state index is -4.44. The highest BCUT2D eigenvalue weighted by Crippen LogP contribution is 2.55. The van der Waals surface area contributed by atoms with Crippen molar-refractivity contribution in [3.8, 4) is 11.3 Å². The molecule has 2 aromatic rings. The third-order valence-electron chi connectivity index (χ3n) is 5.22. The molecule has 4 rings (SSSR count). The Hall–Kier alpha value is -2.32. The summed E-state index contributed by atoms with van der Waals surface area (Å²) in [4.78, 5) is 12.0. The molecular weight excluding hydrogens is 411 g/mol. The number of thiol groups is 1. The van der Waals surface area contributed by atoms with Crippen LogP contribution in [0.4, 0.5) is 19.0 Å². The molecule has 0 radical (unpaired) electrons. The number of ether oxygens (including phenoxy) is 1. The minimum Gasteiger partial charge on any atom is -0.378 e. The molecule has 3 heterocycles. The second kappa shape index (κ2) is 8.43. The molecule has 4 nitrogen and oxygen atoms in total. The molecule has 0 spiro atoms. The fourth-order valence-corrected chi connectivity index (χ4v) is 6.04. The molecule has 0 bridgehead atoms. The van der Waals surface area contributed by atoms with Crippen molar-refractivity contribution in [2.24, 2.45) is 5.92 Å². The Labute approximate surface area is 176 Å². The van der Waals surface area contributed by atoms with Gasteiger partial charge in [0.25, 0.3) is 0 Å². The van der Waals surface area contributed by atoms with Crippen LogP contribution >= 0.6 is 10.9 Å². The third-order valence-corrected chi connectivity index (χ3v) is 7.82. The Balaban J connectivity index is 1.73. The van der Waals surface area contributed by atoms with Crippen molar-refractivity contribution in [3.05, 3.63) is 58.6 Å². The van der Waals surface area contributed by atoms with Crippen LogP contribution in [0.15, 0.2) is 58.0 Å². The molecule has 8 heteroatoms. The number of hydrogen-bond acceptors (Lipinski definition) is 4. The van der Waals surface area contributed by atoms with Crippen molar-refractivity contribution in [2.75, 3.05) is 31.2 Å². The van der Waals surface area contributed by atoms with Crippen LogP contribution in [0.25, 0.3) is 11.3 Å². The first-order valence-electron chi connectivity index (χ1n) is 9.88. The van der Waals surface area contributed by atoms with E-state index in [0.29, 0.717) is 48.3 Å². The van der Waals surface area contributed by atoms with Gasteiger partial charge in [-0.05, 0) is 28.4 Å². The van der Waals surface area contributed by atoms with E-state index in [-0.39, 0.29) is 5.92 Å². The molecule has 0 aliphatic carbocycles. The number of rotatable bonds is 4. The zero-order valence-electron chi connectivity index (χ0n) is 16.9. The highest BCUT2D eigenvalue weighted by atomic mass is 32.2. The van der Waals surface area contributed by atoms with Gasteiger partial charge in [-0.25, -0.2) is 9.97 Å². The molecule has 1 saturated heterocycles. The molecule has 1 aromatic carbocycles. The number of halogens is 3. The van der Waals surface area contributed by atoms with Gasteiger partial charge in [0.1, 0.15) is 12.1 Å².